The number of benzene rings is 2. The van der Waals surface area contributed by atoms with Crippen molar-refractivity contribution in [3.8, 4) is 0 Å². The van der Waals surface area contributed by atoms with Crippen LogP contribution in [-0.4, -0.2) is 44.7 Å². The topological polar surface area (TPSA) is 46.8 Å². The first-order valence-electron chi connectivity index (χ1n) is 8.78. The maximum atomic E-state index is 4.38. The Hall–Kier alpha value is -2.27. The smallest absolute Gasteiger partial charge is 0.162 e. The van der Waals surface area contributed by atoms with Gasteiger partial charge in [0.1, 0.15) is 6.04 Å². The zero-order valence-corrected chi connectivity index (χ0v) is 14.0. The minimum Gasteiger partial charge on any atom is -0.303 e. The van der Waals surface area contributed by atoms with Crippen LogP contribution in [0.2, 0.25) is 0 Å². The molecule has 2 aromatic carbocycles. The van der Waals surface area contributed by atoms with Crippen molar-refractivity contribution in [2.75, 3.05) is 19.6 Å². The van der Waals surface area contributed by atoms with Gasteiger partial charge in [-0.25, -0.2) is 0 Å². The fourth-order valence-corrected chi connectivity index (χ4v) is 3.92. The summed E-state index contributed by atoms with van der Waals surface area (Å²) in [5.74, 6) is 0.508. The first-order chi connectivity index (χ1) is 11.8. The Morgan fingerprint density at radius 3 is 2.83 bits per heavy atom. The average molecular weight is 321 g/mol. The lowest BCUT2D eigenvalue weighted by atomic mass is 9.86. The molecule has 0 spiro atoms. The predicted molar refractivity (Wildman–Crippen MR) is 94.7 cm³/mol. The van der Waals surface area contributed by atoms with Crippen molar-refractivity contribution < 1.29 is 0 Å². The molecule has 0 bridgehead atoms. The SMILES string of the molecule is CCN1CCCC([C@@H](c2ccc3ccccc3c2)n2ncnn2)C1. The minimum absolute atomic E-state index is 0.145. The van der Waals surface area contributed by atoms with Gasteiger partial charge in [0.15, 0.2) is 6.33 Å². The summed E-state index contributed by atoms with van der Waals surface area (Å²) in [7, 11) is 0. The summed E-state index contributed by atoms with van der Waals surface area (Å²) in [5.41, 5.74) is 1.27. The van der Waals surface area contributed by atoms with Crippen LogP contribution >= 0.6 is 0 Å². The Morgan fingerprint density at radius 1 is 1.17 bits per heavy atom. The molecule has 1 aliphatic rings. The summed E-state index contributed by atoms with van der Waals surface area (Å²) >= 11 is 0. The van der Waals surface area contributed by atoms with Crippen molar-refractivity contribution in [3.63, 3.8) is 0 Å². The van der Waals surface area contributed by atoms with Gasteiger partial charge < -0.3 is 4.90 Å². The van der Waals surface area contributed by atoms with E-state index < -0.39 is 0 Å². The van der Waals surface area contributed by atoms with Gasteiger partial charge in [-0.3, -0.25) is 0 Å². The van der Waals surface area contributed by atoms with Gasteiger partial charge in [-0.1, -0.05) is 43.3 Å². The molecule has 1 aromatic heterocycles. The maximum Gasteiger partial charge on any atom is 0.162 e. The second kappa shape index (κ2) is 6.69. The quantitative estimate of drug-likeness (QED) is 0.740. The van der Waals surface area contributed by atoms with Crippen molar-refractivity contribution >= 4 is 10.8 Å². The highest BCUT2D eigenvalue weighted by Gasteiger charge is 2.30. The molecule has 0 radical (unpaired) electrons. The van der Waals surface area contributed by atoms with Crippen molar-refractivity contribution in [1.82, 2.24) is 25.1 Å². The highest BCUT2D eigenvalue weighted by Crippen LogP contribution is 2.33. The predicted octanol–water partition coefficient (Wildman–Crippen LogP) is 3.15. The molecule has 124 valence electrons. The van der Waals surface area contributed by atoms with Crippen LogP contribution in [0.5, 0.6) is 0 Å². The Morgan fingerprint density at radius 2 is 2.04 bits per heavy atom. The van der Waals surface area contributed by atoms with Gasteiger partial charge in [0, 0.05) is 12.5 Å². The van der Waals surface area contributed by atoms with Crippen LogP contribution in [0.25, 0.3) is 10.8 Å². The van der Waals surface area contributed by atoms with Gasteiger partial charge in [0.05, 0.1) is 0 Å². The van der Waals surface area contributed by atoms with Gasteiger partial charge in [0.2, 0.25) is 0 Å². The summed E-state index contributed by atoms with van der Waals surface area (Å²) < 4.78 is 0. The number of likely N-dealkylation sites (tertiary alicyclic amines) is 1. The molecule has 1 fully saturated rings. The zero-order valence-electron chi connectivity index (χ0n) is 14.0. The minimum atomic E-state index is 0.145. The molecular weight excluding hydrogens is 298 g/mol. The lowest BCUT2D eigenvalue weighted by Crippen LogP contribution is -2.39. The molecule has 24 heavy (non-hydrogen) atoms. The van der Waals surface area contributed by atoms with Crippen LogP contribution < -0.4 is 0 Å². The average Bonchev–Trinajstić information content (AvgIpc) is 3.16. The molecule has 3 aromatic rings. The number of aromatic nitrogens is 4. The van der Waals surface area contributed by atoms with E-state index >= 15 is 0 Å². The van der Waals surface area contributed by atoms with Gasteiger partial charge in [0.25, 0.3) is 0 Å². The van der Waals surface area contributed by atoms with Gasteiger partial charge in [-0.2, -0.15) is 4.80 Å². The summed E-state index contributed by atoms with van der Waals surface area (Å²) in [6.45, 7) is 5.63. The second-order valence-electron chi connectivity index (χ2n) is 6.60. The van der Waals surface area contributed by atoms with E-state index in [4.69, 9.17) is 0 Å². The molecule has 2 heterocycles. The standard InChI is InChI=1S/C19H23N5/c1-2-23-11-5-8-18(13-23)19(24-21-14-20-22-24)17-10-9-15-6-3-4-7-16(15)12-17/h3-4,6-7,9-10,12,14,18-19H,2,5,8,11,13H2,1H3/t18?,19-/m1/s1. The highest BCUT2D eigenvalue weighted by atomic mass is 15.6. The van der Waals surface area contributed by atoms with Crippen LogP contribution in [0.4, 0.5) is 0 Å². The lowest BCUT2D eigenvalue weighted by Gasteiger charge is -2.36. The van der Waals surface area contributed by atoms with Crippen molar-refractivity contribution in [2.24, 2.45) is 5.92 Å². The summed E-state index contributed by atoms with van der Waals surface area (Å²) in [6, 6.07) is 15.4. The van der Waals surface area contributed by atoms with E-state index in [1.807, 2.05) is 0 Å². The van der Waals surface area contributed by atoms with Gasteiger partial charge in [-0.15, -0.1) is 10.2 Å². The molecule has 1 aliphatic heterocycles. The van der Waals surface area contributed by atoms with E-state index in [0.29, 0.717) is 5.92 Å². The van der Waals surface area contributed by atoms with Gasteiger partial charge in [-0.05, 0) is 53.5 Å². The summed E-state index contributed by atoms with van der Waals surface area (Å²) in [6.07, 6.45) is 3.97. The van der Waals surface area contributed by atoms with Crippen molar-refractivity contribution in [1.29, 1.82) is 0 Å². The third-order valence-corrected chi connectivity index (χ3v) is 5.16. The van der Waals surface area contributed by atoms with Crippen molar-refractivity contribution in [2.45, 2.75) is 25.8 Å². The molecule has 4 rings (SSSR count). The molecule has 5 nitrogen and oxygen atoms in total. The number of tetrazole rings is 1. The maximum absolute atomic E-state index is 4.38. The molecule has 5 heteroatoms. The first-order valence-corrected chi connectivity index (χ1v) is 8.78. The molecule has 0 saturated carbocycles. The highest BCUT2D eigenvalue weighted by molar-refractivity contribution is 5.83. The van der Waals surface area contributed by atoms with E-state index in [0.717, 1.165) is 13.1 Å². The lowest BCUT2D eigenvalue weighted by molar-refractivity contribution is 0.144. The van der Waals surface area contributed by atoms with E-state index in [1.54, 1.807) is 4.80 Å². The molecular formula is C19H23N5. The Balaban J connectivity index is 1.74. The largest absolute Gasteiger partial charge is 0.303 e. The Bertz CT molecular complexity index is 798. The molecule has 1 unspecified atom stereocenters. The first kappa shape index (κ1) is 15.3. The molecule has 0 N–H and O–H groups in total. The van der Waals surface area contributed by atoms with E-state index in [2.05, 4.69) is 69.7 Å². The van der Waals surface area contributed by atoms with E-state index in [1.165, 1.54) is 42.0 Å². The summed E-state index contributed by atoms with van der Waals surface area (Å²) in [4.78, 5) is 4.33. The normalized spacial score (nSPS) is 20.3. The second-order valence-corrected chi connectivity index (χ2v) is 6.60. The molecule has 2 atom stereocenters. The van der Waals surface area contributed by atoms with Crippen molar-refractivity contribution in [3.05, 3.63) is 54.4 Å². The van der Waals surface area contributed by atoms with Crippen LogP contribution in [0.1, 0.15) is 31.4 Å². The van der Waals surface area contributed by atoms with E-state index in [9.17, 15) is 0 Å². The zero-order chi connectivity index (χ0) is 16.4. The van der Waals surface area contributed by atoms with Crippen LogP contribution in [0.15, 0.2) is 48.8 Å². The molecule has 0 amide bonds. The Labute approximate surface area is 142 Å². The third kappa shape index (κ3) is 2.91. The fourth-order valence-electron chi connectivity index (χ4n) is 3.92. The molecule has 0 aliphatic carbocycles. The van der Waals surface area contributed by atoms with Gasteiger partial charge >= 0.3 is 0 Å². The van der Waals surface area contributed by atoms with E-state index in [-0.39, 0.29) is 6.04 Å². The monoisotopic (exact) mass is 321 g/mol. The number of hydrogen-bond acceptors (Lipinski definition) is 4. The van der Waals surface area contributed by atoms with Crippen LogP contribution in [-0.2, 0) is 0 Å². The van der Waals surface area contributed by atoms with Crippen LogP contribution in [0.3, 0.4) is 0 Å². The number of hydrogen-bond donors (Lipinski definition) is 0. The number of rotatable bonds is 4. The Kier molecular flexibility index (Phi) is 4.26. The van der Waals surface area contributed by atoms with Crippen LogP contribution in [0, 0.1) is 5.92 Å². The number of nitrogens with zero attached hydrogens (tertiary/aromatic N) is 5. The number of fused-ring (bicyclic) bond motifs is 1. The molecule has 1 saturated heterocycles. The fraction of sp³-hybridized carbons (Fsp3) is 0.421. The number of piperidine rings is 1. The third-order valence-electron chi connectivity index (χ3n) is 5.16. The summed E-state index contributed by atoms with van der Waals surface area (Å²) in [5, 5.41) is 15.1.